The zero-order valence-electron chi connectivity index (χ0n) is 6.33. The van der Waals surface area contributed by atoms with E-state index >= 15 is 0 Å². The Balaban J connectivity index is 2.56. The van der Waals surface area contributed by atoms with E-state index < -0.39 is 29.9 Å². The number of carboxylic acid groups (broad SMARTS) is 1. The van der Waals surface area contributed by atoms with Gasteiger partial charge in [-0.05, 0) is 0 Å². The lowest BCUT2D eigenvalue weighted by molar-refractivity contribution is -0.151. The van der Waals surface area contributed by atoms with E-state index in [1.165, 1.54) is 6.92 Å². The maximum atomic E-state index is 10.7. The minimum atomic E-state index is -1.15. The standard InChI is InChI=1S/C6H8N2O4/c1-2(9)7-3-4(6(11)12)8-5(3)10/h3-4H,1H3,(H,7,9)(H,8,10)(H,11,12)/t3-,4-/m0/s1. The van der Waals surface area contributed by atoms with E-state index in [1.54, 1.807) is 0 Å². The van der Waals surface area contributed by atoms with Crippen molar-refractivity contribution in [3.05, 3.63) is 0 Å². The highest BCUT2D eigenvalue weighted by molar-refractivity contribution is 6.01. The molecule has 0 unspecified atom stereocenters. The summed E-state index contributed by atoms with van der Waals surface area (Å²) in [5.41, 5.74) is 0. The predicted molar refractivity (Wildman–Crippen MR) is 37.2 cm³/mol. The summed E-state index contributed by atoms with van der Waals surface area (Å²) in [5.74, 6) is -2.02. The second kappa shape index (κ2) is 2.80. The second-order valence-corrected chi connectivity index (χ2v) is 2.50. The summed E-state index contributed by atoms with van der Waals surface area (Å²) >= 11 is 0. The molecule has 0 bridgehead atoms. The zero-order chi connectivity index (χ0) is 9.30. The van der Waals surface area contributed by atoms with Crippen molar-refractivity contribution in [2.45, 2.75) is 19.0 Å². The number of hydrogen-bond donors (Lipinski definition) is 3. The van der Waals surface area contributed by atoms with Crippen LogP contribution in [-0.4, -0.2) is 35.0 Å². The summed E-state index contributed by atoms with van der Waals surface area (Å²) in [4.78, 5) is 31.5. The SMILES string of the molecule is CC(=O)N[C@@H]1C(=O)N[C@@H]1C(=O)O. The molecule has 1 fully saturated rings. The summed E-state index contributed by atoms with van der Waals surface area (Å²) < 4.78 is 0. The summed E-state index contributed by atoms with van der Waals surface area (Å²) in [7, 11) is 0. The van der Waals surface area contributed by atoms with E-state index in [9.17, 15) is 14.4 Å². The van der Waals surface area contributed by atoms with E-state index in [0.717, 1.165) is 0 Å². The van der Waals surface area contributed by atoms with Crippen LogP contribution < -0.4 is 10.6 Å². The van der Waals surface area contributed by atoms with Crippen molar-refractivity contribution >= 4 is 17.8 Å². The number of hydrogen-bond acceptors (Lipinski definition) is 3. The molecule has 0 saturated carbocycles. The molecule has 6 heteroatoms. The number of rotatable bonds is 2. The van der Waals surface area contributed by atoms with Gasteiger partial charge in [0.05, 0.1) is 0 Å². The highest BCUT2D eigenvalue weighted by Crippen LogP contribution is 2.05. The fourth-order valence-electron chi connectivity index (χ4n) is 0.954. The first-order valence-corrected chi connectivity index (χ1v) is 3.32. The average Bonchev–Trinajstić information content (AvgIpc) is 1.95. The molecule has 12 heavy (non-hydrogen) atoms. The van der Waals surface area contributed by atoms with Gasteiger partial charge in [-0.25, -0.2) is 4.79 Å². The van der Waals surface area contributed by atoms with Crippen LogP contribution in [-0.2, 0) is 14.4 Å². The van der Waals surface area contributed by atoms with Crippen LogP contribution in [0.15, 0.2) is 0 Å². The van der Waals surface area contributed by atoms with Crippen LogP contribution in [0, 0.1) is 0 Å². The summed E-state index contributed by atoms with van der Waals surface area (Å²) in [5, 5.41) is 12.8. The topological polar surface area (TPSA) is 95.5 Å². The monoisotopic (exact) mass is 172 g/mol. The van der Waals surface area contributed by atoms with Gasteiger partial charge in [-0.2, -0.15) is 0 Å². The number of aliphatic carboxylic acids is 1. The van der Waals surface area contributed by atoms with Crippen LogP contribution >= 0.6 is 0 Å². The number of carboxylic acids is 1. The molecular formula is C6H8N2O4. The number of carbonyl (C=O) groups excluding carboxylic acids is 2. The maximum absolute atomic E-state index is 10.7. The van der Waals surface area contributed by atoms with Crippen molar-refractivity contribution in [2.75, 3.05) is 0 Å². The first kappa shape index (κ1) is 8.51. The molecule has 1 rings (SSSR count). The Kier molecular flexibility index (Phi) is 1.99. The van der Waals surface area contributed by atoms with Gasteiger partial charge >= 0.3 is 5.97 Å². The number of β-lactam (4-membered cyclic amide) rings is 1. The first-order valence-electron chi connectivity index (χ1n) is 3.32. The number of carbonyl (C=O) groups is 3. The molecule has 2 atom stereocenters. The van der Waals surface area contributed by atoms with Gasteiger partial charge in [0.2, 0.25) is 11.8 Å². The van der Waals surface area contributed by atoms with Crippen LogP contribution in [0.3, 0.4) is 0 Å². The van der Waals surface area contributed by atoms with Crippen molar-refractivity contribution in [1.82, 2.24) is 10.6 Å². The predicted octanol–water partition coefficient (Wildman–Crippen LogP) is -1.93. The van der Waals surface area contributed by atoms with Crippen LogP contribution in [0.1, 0.15) is 6.92 Å². The fourth-order valence-corrected chi connectivity index (χ4v) is 0.954. The fraction of sp³-hybridized carbons (Fsp3) is 0.500. The zero-order valence-corrected chi connectivity index (χ0v) is 6.33. The van der Waals surface area contributed by atoms with Gasteiger partial charge in [-0.15, -0.1) is 0 Å². The van der Waals surface area contributed by atoms with Gasteiger partial charge in [0.1, 0.15) is 6.04 Å². The highest BCUT2D eigenvalue weighted by atomic mass is 16.4. The van der Waals surface area contributed by atoms with Gasteiger partial charge in [-0.3, -0.25) is 9.59 Å². The normalized spacial score (nSPS) is 26.9. The third-order valence-electron chi connectivity index (χ3n) is 1.54. The minimum Gasteiger partial charge on any atom is -0.480 e. The molecule has 6 nitrogen and oxygen atoms in total. The second-order valence-electron chi connectivity index (χ2n) is 2.50. The molecule has 0 aromatic rings. The molecule has 1 saturated heterocycles. The van der Waals surface area contributed by atoms with Crippen molar-refractivity contribution in [2.24, 2.45) is 0 Å². The van der Waals surface area contributed by atoms with E-state index in [-0.39, 0.29) is 0 Å². The smallest absolute Gasteiger partial charge is 0.328 e. The number of nitrogens with one attached hydrogen (secondary N) is 2. The van der Waals surface area contributed by atoms with E-state index in [1.807, 2.05) is 0 Å². The van der Waals surface area contributed by atoms with Crippen LogP contribution in [0.25, 0.3) is 0 Å². The Morgan fingerprint density at radius 1 is 1.58 bits per heavy atom. The first-order chi connectivity index (χ1) is 5.52. The lowest BCUT2D eigenvalue weighted by Crippen LogP contribution is -2.71. The molecule has 0 aliphatic carbocycles. The molecule has 0 aromatic carbocycles. The summed E-state index contributed by atoms with van der Waals surface area (Å²) in [6.07, 6.45) is 0. The molecule has 1 aliphatic rings. The average molecular weight is 172 g/mol. The molecule has 2 amide bonds. The third kappa shape index (κ3) is 1.36. The van der Waals surface area contributed by atoms with Gasteiger partial charge in [-0.1, -0.05) is 0 Å². The molecule has 0 radical (unpaired) electrons. The Bertz CT molecular complexity index is 250. The highest BCUT2D eigenvalue weighted by Gasteiger charge is 2.44. The van der Waals surface area contributed by atoms with Crippen LogP contribution in [0.5, 0.6) is 0 Å². The van der Waals surface area contributed by atoms with Crippen molar-refractivity contribution in [3.8, 4) is 0 Å². The quantitative estimate of drug-likeness (QED) is 0.423. The Morgan fingerprint density at radius 3 is 2.50 bits per heavy atom. The molecule has 0 spiro atoms. The molecule has 0 aromatic heterocycles. The van der Waals surface area contributed by atoms with Crippen LogP contribution in [0.2, 0.25) is 0 Å². The lowest BCUT2D eigenvalue weighted by Gasteiger charge is -2.33. The lowest BCUT2D eigenvalue weighted by atomic mass is 9.99. The van der Waals surface area contributed by atoms with E-state index in [0.29, 0.717) is 0 Å². The number of amides is 2. The molecule has 1 heterocycles. The van der Waals surface area contributed by atoms with E-state index in [2.05, 4.69) is 10.6 Å². The largest absolute Gasteiger partial charge is 0.480 e. The molecular weight excluding hydrogens is 164 g/mol. The van der Waals surface area contributed by atoms with Gasteiger partial charge < -0.3 is 15.7 Å². The minimum absolute atomic E-state index is 0.416. The van der Waals surface area contributed by atoms with Gasteiger partial charge in [0.25, 0.3) is 0 Å². The van der Waals surface area contributed by atoms with Crippen molar-refractivity contribution in [3.63, 3.8) is 0 Å². The molecule has 1 aliphatic heterocycles. The van der Waals surface area contributed by atoms with E-state index in [4.69, 9.17) is 5.11 Å². The van der Waals surface area contributed by atoms with Crippen LogP contribution in [0.4, 0.5) is 0 Å². The van der Waals surface area contributed by atoms with Gasteiger partial charge in [0.15, 0.2) is 6.04 Å². The van der Waals surface area contributed by atoms with Crippen molar-refractivity contribution in [1.29, 1.82) is 0 Å². The maximum Gasteiger partial charge on any atom is 0.328 e. The third-order valence-corrected chi connectivity index (χ3v) is 1.54. The molecule has 3 N–H and O–H groups in total. The Morgan fingerprint density at radius 2 is 2.17 bits per heavy atom. The Hall–Kier alpha value is -1.59. The van der Waals surface area contributed by atoms with Crippen molar-refractivity contribution < 1.29 is 19.5 Å². The molecule has 66 valence electrons. The summed E-state index contributed by atoms with van der Waals surface area (Å²) in [6.45, 7) is 1.23. The Labute approximate surface area is 67.9 Å². The summed E-state index contributed by atoms with van der Waals surface area (Å²) in [6, 6.07) is -1.90. The van der Waals surface area contributed by atoms with Gasteiger partial charge in [0, 0.05) is 6.92 Å².